The Balaban J connectivity index is 1.81. The van der Waals surface area contributed by atoms with Crippen molar-refractivity contribution in [1.29, 1.82) is 0 Å². The summed E-state index contributed by atoms with van der Waals surface area (Å²) in [5.41, 5.74) is 7.70. The van der Waals surface area contributed by atoms with Crippen LogP contribution in [0.4, 0.5) is 5.69 Å². The van der Waals surface area contributed by atoms with E-state index in [2.05, 4.69) is 35.0 Å². The van der Waals surface area contributed by atoms with E-state index >= 15 is 0 Å². The maximum Gasteiger partial charge on any atom is 0.0314 e. The second-order valence-electron chi connectivity index (χ2n) is 3.42. The Kier molecular flexibility index (Phi) is 3.37. The lowest BCUT2D eigenvalue weighted by Crippen LogP contribution is -2.11. The van der Waals surface area contributed by atoms with Crippen molar-refractivity contribution < 1.29 is 0 Å². The van der Waals surface area contributed by atoms with Crippen LogP contribution in [0, 0.1) is 0 Å². The second-order valence-corrected chi connectivity index (χ2v) is 4.46. The molecule has 2 rings (SSSR count). The van der Waals surface area contributed by atoms with E-state index in [1.807, 2.05) is 12.1 Å². The molecule has 1 heterocycles. The minimum absolute atomic E-state index is 0.817. The van der Waals surface area contributed by atoms with Crippen LogP contribution in [0.2, 0.25) is 0 Å². The molecule has 0 aliphatic heterocycles. The summed E-state index contributed by atoms with van der Waals surface area (Å²) in [6.07, 6.45) is 0. The van der Waals surface area contributed by atoms with E-state index in [9.17, 15) is 0 Å². The first-order valence-electron chi connectivity index (χ1n) is 4.92. The van der Waals surface area contributed by atoms with Crippen LogP contribution in [-0.4, -0.2) is 0 Å². The number of nitrogens with one attached hydrogen (secondary N) is 1. The van der Waals surface area contributed by atoms with Gasteiger partial charge in [-0.25, -0.2) is 0 Å². The highest BCUT2D eigenvalue weighted by Gasteiger charge is 1.94. The highest BCUT2D eigenvalue weighted by Crippen LogP contribution is 2.09. The third-order valence-electron chi connectivity index (χ3n) is 2.19. The zero-order chi connectivity index (χ0) is 10.5. The van der Waals surface area contributed by atoms with Crippen LogP contribution in [0.5, 0.6) is 0 Å². The molecule has 3 heteroatoms. The van der Waals surface area contributed by atoms with Gasteiger partial charge in [0, 0.05) is 23.7 Å². The van der Waals surface area contributed by atoms with E-state index < -0.39 is 0 Å². The van der Waals surface area contributed by atoms with Crippen molar-refractivity contribution in [2.75, 3.05) is 5.73 Å². The topological polar surface area (TPSA) is 38.0 Å². The van der Waals surface area contributed by atoms with Gasteiger partial charge < -0.3 is 11.1 Å². The lowest BCUT2D eigenvalue weighted by Gasteiger charge is -2.03. The smallest absolute Gasteiger partial charge is 0.0314 e. The lowest BCUT2D eigenvalue weighted by atomic mass is 10.2. The summed E-state index contributed by atoms with van der Waals surface area (Å²) in [6.45, 7) is 1.82. The maximum atomic E-state index is 5.61. The second kappa shape index (κ2) is 4.96. The Morgan fingerprint density at radius 1 is 1.07 bits per heavy atom. The van der Waals surface area contributed by atoms with Crippen LogP contribution in [0.1, 0.15) is 10.4 Å². The van der Waals surface area contributed by atoms with Gasteiger partial charge in [0.15, 0.2) is 0 Å². The molecule has 0 fully saturated rings. The van der Waals surface area contributed by atoms with Crippen molar-refractivity contribution in [2.24, 2.45) is 0 Å². The molecule has 0 bridgehead atoms. The van der Waals surface area contributed by atoms with Crippen molar-refractivity contribution >= 4 is 17.0 Å². The van der Waals surface area contributed by atoms with E-state index in [0.717, 1.165) is 18.8 Å². The van der Waals surface area contributed by atoms with Crippen LogP contribution in [0.15, 0.2) is 41.8 Å². The van der Waals surface area contributed by atoms with Gasteiger partial charge in [-0.1, -0.05) is 18.2 Å². The number of anilines is 1. The predicted octanol–water partition coefficient (Wildman–Crippen LogP) is 2.62. The minimum atomic E-state index is 0.817. The fraction of sp³-hybridized carbons (Fsp3) is 0.167. The molecule has 15 heavy (non-hydrogen) atoms. The lowest BCUT2D eigenvalue weighted by molar-refractivity contribution is 0.701. The van der Waals surface area contributed by atoms with Crippen LogP contribution in [0.25, 0.3) is 0 Å². The first kappa shape index (κ1) is 10.2. The molecular formula is C12H14N2S. The van der Waals surface area contributed by atoms with Crippen LogP contribution in [-0.2, 0) is 13.1 Å². The van der Waals surface area contributed by atoms with E-state index in [4.69, 9.17) is 5.73 Å². The van der Waals surface area contributed by atoms with Gasteiger partial charge in [0.1, 0.15) is 0 Å². The molecule has 0 saturated carbocycles. The fourth-order valence-corrected chi connectivity index (χ4v) is 2.05. The predicted molar refractivity (Wildman–Crippen MR) is 65.7 cm³/mol. The molecule has 0 saturated heterocycles. The highest BCUT2D eigenvalue weighted by atomic mass is 32.1. The van der Waals surface area contributed by atoms with Crippen LogP contribution >= 0.6 is 11.3 Å². The zero-order valence-corrected chi connectivity index (χ0v) is 9.26. The normalized spacial score (nSPS) is 10.4. The van der Waals surface area contributed by atoms with Gasteiger partial charge in [-0.3, -0.25) is 0 Å². The largest absolute Gasteiger partial charge is 0.399 e. The number of nitrogen functional groups attached to an aromatic ring is 1. The van der Waals surface area contributed by atoms with Crippen molar-refractivity contribution in [2.45, 2.75) is 13.1 Å². The Labute approximate surface area is 93.7 Å². The van der Waals surface area contributed by atoms with Gasteiger partial charge in [-0.15, -0.1) is 11.3 Å². The number of nitrogens with two attached hydrogens (primary N) is 1. The quantitative estimate of drug-likeness (QED) is 0.774. The molecule has 2 nitrogen and oxygen atoms in total. The van der Waals surface area contributed by atoms with Gasteiger partial charge in [0.05, 0.1) is 0 Å². The number of rotatable bonds is 4. The zero-order valence-electron chi connectivity index (χ0n) is 8.44. The highest BCUT2D eigenvalue weighted by molar-refractivity contribution is 7.09. The molecular weight excluding hydrogens is 204 g/mol. The molecule has 3 N–H and O–H groups in total. The van der Waals surface area contributed by atoms with Crippen molar-refractivity contribution in [3.8, 4) is 0 Å². The Morgan fingerprint density at radius 3 is 2.53 bits per heavy atom. The molecule has 1 aromatic heterocycles. The summed E-state index contributed by atoms with van der Waals surface area (Å²) in [7, 11) is 0. The van der Waals surface area contributed by atoms with Crippen LogP contribution < -0.4 is 11.1 Å². The summed E-state index contributed by atoms with van der Waals surface area (Å²) in [6, 6.07) is 12.2. The van der Waals surface area contributed by atoms with Crippen molar-refractivity contribution in [3.05, 3.63) is 52.2 Å². The Morgan fingerprint density at radius 2 is 1.87 bits per heavy atom. The van der Waals surface area contributed by atoms with Crippen molar-refractivity contribution in [1.82, 2.24) is 5.32 Å². The minimum Gasteiger partial charge on any atom is -0.399 e. The fourth-order valence-electron chi connectivity index (χ4n) is 1.38. The Bertz CT molecular complexity index is 392. The van der Waals surface area contributed by atoms with Gasteiger partial charge in [-0.05, 0) is 29.1 Å². The van der Waals surface area contributed by atoms with Crippen LogP contribution in [0.3, 0.4) is 0 Å². The molecule has 0 unspecified atom stereocenters. The Hall–Kier alpha value is -1.32. The number of hydrogen-bond donors (Lipinski definition) is 2. The molecule has 78 valence electrons. The summed E-state index contributed by atoms with van der Waals surface area (Å²) < 4.78 is 0. The van der Waals surface area contributed by atoms with E-state index in [1.54, 1.807) is 11.3 Å². The maximum absolute atomic E-state index is 5.61. The molecule has 0 aliphatic carbocycles. The standard InChI is InChI=1S/C12H14N2S/c13-11-5-3-10(4-6-11)8-14-9-12-2-1-7-15-12/h1-7,14H,8-9,13H2. The first-order chi connectivity index (χ1) is 7.34. The molecule has 2 aromatic rings. The summed E-state index contributed by atoms with van der Waals surface area (Å²) in [5.74, 6) is 0. The van der Waals surface area contributed by atoms with E-state index in [1.165, 1.54) is 10.4 Å². The third kappa shape index (κ3) is 3.08. The summed E-state index contributed by atoms with van der Waals surface area (Å²) in [5, 5.41) is 5.49. The van der Waals surface area contributed by atoms with Gasteiger partial charge in [0.2, 0.25) is 0 Å². The average molecular weight is 218 g/mol. The van der Waals surface area contributed by atoms with E-state index in [-0.39, 0.29) is 0 Å². The summed E-state index contributed by atoms with van der Waals surface area (Å²) in [4.78, 5) is 1.37. The van der Waals surface area contributed by atoms with Gasteiger partial charge in [0.25, 0.3) is 0 Å². The SMILES string of the molecule is Nc1ccc(CNCc2cccs2)cc1. The number of thiophene rings is 1. The molecule has 0 amide bonds. The molecule has 0 spiro atoms. The molecule has 1 aromatic carbocycles. The number of benzene rings is 1. The molecule has 0 radical (unpaired) electrons. The third-order valence-corrected chi connectivity index (χ3v) is 3.06. The molecule has 0 atom stereocenters. The molecule has 0 aliphatic rings. The van der Waals surface area contributed by atoms with Crippen molar-refractivity contribution in [3.63, 3.8) is 0 Å². The average Bonchev–Trinajstić information content (AvgIpc) is 2.74. The monoisotopic (exact) mass is 218 g/mol. The van der Waals surface area contributed by atoms with E-state index in [0.29, 0.717) is 0 Å². The summed E-state index contributed by atoms with van der Waals surface area (Å²) >= 11 is 1.78. The first-order valence-corrected chi connectivity index (χ1v) is 5.80. The van der Waals surface area contributed by atoms with Gasteiger partial charge in [-0.2, -0.15) is 0 Å². The van der Waals surface area contributed by atoms with Gasteiger partial charge >= 0.3 is 0 Å². The number of hydrogen-bond acceptors (Lipinski definition) is 3.